The molecule has 0 aliphatic carbocycles. The van der Waals surface area contributed by atoms with Crippen LogP contribution in [0.15, 0.2) is 45.8 Å². The summed E-state index contributed by atoms with van der Waals surface area (Å²) in [7, 11) is 0.668. The first-order chi connectivity index (χ1) is 11.4. The number of ether oxygens (including phenoxy) is 3. The van der Waals surface area contributed by atoms with Gasteiger partial charge in [0.2, 0.25) is 10.0 Å². The lowest BCUT2D eigenvalue weighted by Gasteiger charge is -2.15. The molecule has 130 valence electrons. The zero-order valence-electron chi connectivity index (χ0n) is 13.5. The predicted octanol–water partition coefficient (Wildman–Crippen LogP) is 2.95. The number of hydrogen-bond donors (Lipinski definition) is 1. The fraction of sp³-hybridized carbons (Fsp3) is 0.250. The predicted molar refractivity (Wildman–Crippen MR) is 94.3 cm³/mol. The van der Waals surface area contributed by atoms with Crippen molar-refractivity contribution in [3.8, 4) is 17.2 Å². The van der Waals surface area contributed by atoms with E-state index in [4.69, 9.17) is 14.2 Å². The molecule has 0 atom stereocenters. The zero-order chi connectivity index (χ0) is 17.7. The van der Waals surface area contributed by atoms with Crippen LogP contribution in [0.25, 0.3) is 0 Å². The first-order valence-corrected chi connectivity index (χ1v) is 9.23. The third kappa shape index (κ3) is 4.00. The molecule has 2 aromatic rings. The van der Waals surface area contributed by atoms with Crippen molar-refractivity contribution in [1.29, 1.82) is 0 Å². The second kappa shape index (κ2) is 7.87. The average molecular weight is 416 g/mol. The molecule has 0 aliphatic rings. The molecule has 0 bridgehead atoms. The first-order valence-electron chi connectivity index (χ1n) is 6.96. The molecule has 0 saturated carbocycles. The minimum atomic E-state index is -3.79. The van der Waals surface area contributed by atoms with Crippen LogP contribution in [0, 0.1) is 0 Å². The lowest BCUT2D eigenvalue weighted by atomic mass is 10.2. The third-order valence-corrected chi connectivity index (χ3v) is 5.30. The monoisotopic (exact) mass is 415 g/mol. The Hall–Kier alpha value is -1.77. The Morgan fingerprint density at radius 1 is 0.958 bits per heavy atom. The van der Waals surface area contributed by atoms with Crippen molar-refractivity contribution in [1.82, 2.24) is 4.72 Å². The molecule has 0 spiro atoms. The van der Waals surface area contributed by atoms with Gasteiger partial charge in [-0.15, -0.1) is 0 Å². The van der Waals surface area contributed by atoms with E-state index in [0.717, 1.165) is 0 Å². The van der Waals surface area contributed by atoms with Crippen molar-refractivity contribution in [2.75, 3.05) is 21.3 Å². The van der Waals surface area contributed by atoms with E-state index in [1.54, 1.807) is 30.3 Å². The molecule has 24 heavy (non-hydrogen) atoms. The van der Waals surface area contributed by atoms with Gasteiger partial charge < -0.3 is 14.2 Å². The van der Waals surface area contributed by atoms with E-state index in [1.807, 2.05) is 0 Å². The molecule has 2 aromatic carbocycles. The molecule has 0 radical (unpaired) electrons. The Balaban J connectivity index is 2.34. The van der Waals surface area contributed by atoms with E-state index in [9.17, 15) is 8.42 Å². The van der Waals surface area contributed by atoms with Crippen LogP contribution in [0.2, 0.25) is 0 Å². The van der Waals surface area contributed by atoms with Crippen LogP contribution in [-0.2, 0) is 16.6 Å². The normalized spacial score (nSPS) is 11.2. The van der Waals surface area contributed by atoms with Gasteiger partial charge in [0.15, 0.2) is 0 Å². The molecule has 0 unspecified atom stereocenters. The van der Waals surface area contributed by atoms with Gasteiger partial charge in [-0.3, -0.25) is 0 Å². The summed E-state index contributed by atoms with van der Waals surface area (Å²) in [6, 6.07) is 10.0. The van der Waals surface area contributed by atoms with Gasteiger partial charge in [0.25, 0.3) is 0 Å². The van der Waals surface area contributed by atoms with Crippen molar-refractivity contribution in [2.24, 2.45) is 0 Å². The highest BCUT2D eigenvalue weighted by molar-refractivity contribution is 9.10. The molecular formula is C16H18BrNO5S. The number of benzene rings is 2. The van der Waals surface area contributed by atoms with Gasteiger partial charge in [-0.2, -0.15) is 0 Å². The maximum absolute atomic E-state index is 12.6. The minimum absolute atomic E-state index is 0.0190. The number of rotatable bonds is 7. The summed E-state index contributed by atoms with van der Waals surface area (Å²) in [5.41, 5.74) is 0.611. The minimum Gasteiger partial charge on any atom is -0.496 e. The van der Waals surface area contributed by atoms with Crippen molar-refractivity contribution < 1.29 is 22.6 Å². The largest absolute Gasteiger partial charge is 0.496 e. The zero-order valence-corrected chi connectivity index (χ0v) is 15.9. The van der Waals surface area contributed by atoms with Gasteiger partial charge in [-0.05, 0) is 30.3 Å². The van der Waals surface area contributed by atoms with Gasteiger partial charge in [0.1, 0.15) is 22.1 Å². The van der Waals surface area contributed by atoms with Crippen LogP contribution in [0.3, 0.4) is 0 Å². The Labute approximate surface area is 149 Å². The van der Waals surface area contributed by atoms with Gasteiger partial charge in [0.05, 0.1) is 26.9 Å². The second-order valence-electron chi connectivity index (χ2n) is 4.76. The van der Waals surface area contributed by atoms with E-state index in [1.165, 1.54) is 27.4 Å². The maximum Gasteiger partial charge on any atom is 0.244 e. The second-order valence-corrected chi connectivity index (χ2v) is 7.41. The molecule has 0 amide bonds. The van der Waals surface area contributed by atoms with Crippen LogP contribution in [0.5, 0.6) is 17.2 Å². The van der Waals surface area contributed by atoms with Crippen LogP contribution in [-0.4, -0.2) is 29.7 Å². The first kappa shape index (κ1) is 18.6. The Bertz CT molecular complexity index is 801. The SMILES string of the molecule is COc1ccc(Br)cc1S(=O)(=O)NCc1c(OC)cccc1OC. The third-order valence-electron chi connectivity index (χ3n) is 3.38. The van der Waals surface area contributed by atoms with E-state index >= 15 is 0 Å². The highest BCUT2D eigenvalue weighted by Gasteiger charge is 2.21. The molecule has 0 aromatic heterocycles. The van der Waals surface area contributed by atoms with Crippen molar-refractivity contribution in [3.05, 3.63) is 46.4 Å². The molecular weight excluding hydrogens is 398 g/mol. The summed E-state index contributed by atoms with van der Waals surface area (Å²) in [6.45, 7) is 0.0190. The Morgan fingerprint density at radius 3 is 2.08 bits per heavy atom. The summed E-state index contributed by atoms with van der Waals surface area (Å²) in [6.07, 6.45) is 0. The topological polar surface area (TPSA) is 73.9 Å². The van der Waals surface area contributed by atoms with E-state index < -0.39 is 10.0 Å². The number of nitrogens with one attached hydrogen (secondary N) is 1. The summed E-state index contributed by atoms with van der Waals surface area (Å²) >= 11 is 3.27. The van der Waals surface area contributed by atoms with Crippen LogP contribution < -0.4 is 18.9 Å². The van der Waals surface area contributed by atoms with E-state index in [-0.39, 0.29) is 17.2 Å². The van der Waals surface area contributed by atoms with Gasteiger partial charge >= 0.3 is 0 Å². The van der Waals surface area contributed by atoms with Crippen molar-refractivity contribution in [3.63, 3.8) is 0 Å². The average Bonchev–Trinajstić information content (AvgIpc) is 2.59. The standard InChI is InChI=1S/C16H18BrNO5S/c1-21-13-5-4-6-14(22-2)12(13)10-18-24(19,20)16-9-11(17)7-8-15(16)23-3/h4-9,18H,10H2,1-3H3. The van der Waals surface area contributed by atoms with Gasteiger partial charge in [-0.25, -0.2) is 13.1 Å². The van der Waals surface area contributed by atoms with Crippen molar-refractivity contribution in [2.45, 2.75) is 11.4 Å². The molecule has 8 heteroatoms. The van der Waals surface area contributed by atoms with Crippen LogP contribution in [0.1, 0.15) is 5.56 Å². The maximum atomic E-state index is 12.6. The molecule has 0 aliphatic heterocycles. The van der Waals surface area contributed by atoms with Gasteiger partial charge in [-0.1, -0.05) is 22.0 Å². The summed E-state index contributed by atoms with van der Waals surface area (Å²) in [4.78, 5) is 0.0493. The number of methoxy groups -OCH3 is 3. The molecule has 0 heterocycles. The smallest absolute Gasteiger partial charge is 0.244 e. The highest BCUT2D eigenvalue weighted by Crippen LogP contribution is 2.30. The molecule has 2 rings (SSSR count). The molecule has 0 saturated heterocycles. The van der Waals surface area contributed by atoms with Gasteiger partial charge in [0, 0.05) is 11.0 Å². The number of halogens is 1. The Morgan fingerprint density at radius 2 is 1.54 bits per heavy atom. The van der Waals surface area contributed by atoms with Crippen LogP contribution in [0.4, 0.5) is 0 Å². The number of hydrogen-bond acceptors (Lipinski definition) is 5. The Kier molecular flexibility index (Phi) is 6.09. The lowest BCUT2D eigenvalue weighted by molar-refractivity contribution is 0.384. The summed E-state index contributed by atoms with van der Waals surface area (Å²) in [5, 5.41) is 0. The molecule has 0 fully saturated rings. The fourth-order valence-corrected chi connectivity index (χ4v) is 3.91. The number of sulfonamides is 1. The molecule has 6 nitrogen and oxygen atoms in total. The summed E-state index contributed by atoms with van der Waals surface area (Å²) in [5.74, 6) is 1.34. The quantitative estimate of drug-likeness (QED) is 0.752. The van der Waals surface area contributed by atoms with Crippen molar-refractivity contribution >= 4 is 26.0 Å². The van der Waals surface area contributed by atoms with Crippen LogP contribution >= 0.6 is 15.9 Å². The summed E-state index contributed by atoms with van der Waals surface area (Å²) < 4.78 is 44.2. The fourth-order valence-electron chi connectivity index (χ4n) is 2.21. The van der Waals surface area contributed by atoms with E-state index in [0.29, 0.717) is 21.5 Å². The van der Waals surface area contributed by atoms with E-state index in [2.05, 4.69) is 20.7 Å². The molecule has 1 N–H and O–H groups in total. The highest BCUT2D eigenvalue weighted by atomic mass is 79.9. The lowest BCUT2D eigenvalue weighted by Crippen LogP contribution is -2.24.